The summed E-state index contributed by atoms with van der Waals surface area (Å²) in [5.41, 5.74) is 0. The lowest BCUT2D eigenvalue weighted by molar-refractivity contribution is 0.174. The molecule has 0 aliphatic rings. The molecule has 1 unspecified atom stereocenters. The number of rotatable bonds is 4. The Bertz CT molecular complexity index is 208. The van der Waals surface area contributed by atoms with Crippen LogP contribution in [0.3, 0.4) is 0 Å². The Morgan fingerprint density at radius 1 is 1.33 bits per heavy atom. The van der Waals surface area contributed by atoms with Crippen molar-refractivity contribution in [2.24, 2.45) is 5.92 Å². The molecule has 2 nitrogen and oxygen atoms in total. The fourth-order valence-corrected chi connectivity index (χ4v) is 0.808. The summed E-state index contributed by atoms with van der Waals surface area (Å²) in [6.45, 7) is 2.69. The fourth-order valence-electron chi connectivity index (χ4n) is 0.808. The minimum atomic E-state index is 0.173. The van der Waals surface area contributed by atoms with E-state index in [2.05, 4.69) is 0 Å². The lowest BCUT2D eigenvalue weighted by atomic mass is 10.2. The van der Waals surface area contributed by atoms with E-state index in [9.17, 15) is 0 Å². The van der Waals surface area contributed by atoms with Crippen LogP contribution in [-0.4, -0.2) is 18.3 Å². The van der Waals surface area contributed by atoms with Gasteiger partial charge in [-0.2, -0.15) is 0 Å². The zero-order chi connectivity index (χ0) is 8.81. The quantitative estimate of drug-likeness (QED) is 0.737. The third-order valence-corrected chi connectivity index (χ3v) is 1.59. The summed E-state index contributed by atoms with van der Waals surface area (Å²) in [5, 5.41) is 8.73. The Hall–Kier alpha value is -1.02. The van der Waals surface area contributed by atoms with Crippen molar-refractivity contribution in [3.63, 3.8) is 0 Å². The zero-order valence-corrected chi connectivity index (χ0v) is 7.23. The molecule has 0 aliphatic carbocycles. The Balaban J connectivity index is 2.33. The van der Waals surface area contributed by atoms with Gasteiger partial charge < -0.3 is 9.84 Å². The van der Waals surface area contributed by atoms with Crippen molar-refractivity contribution in [3.8, 4) is 5.75 Å². The predicted molar refractivity (Wildman–Crippen MR) is 48.2 cm³/mol. The highest BCUT2D eigenvalue weighted by molar-refractivity contribution is 5.20. The molecule has 0 saturated heterocycles. The predicted octanol–water partition coefficient (Wildman–Crippen LogP) is 1.69. The molecule has 2 heteroatoms. The van der Waals surface area contributed by atoms with E-state index in [-0.39, 0.29) is 12.5 Å². The van der Waals surface area contributed by atoms with Gasteiger partial charge in [0.05, 0.1) is 6.61 Å². The standard InChI is InChI=1S/C10H14O2/c1-9(7-11)8-12-10-5-3-2-4-6-10/h2-6,9,11H,7-8H2,1H3. The normalized spacial score (nSPS) is 12.5. The number of hydrogen-bond donors (Lipinski definition) is 1. The first kappa shape index (κ1) is 9.07. The Morgan fingerprint density at radius 2 is 2.00 bits per heavy atom. The van der Waals surface area contributed by atoms with Gasteiger partial charge in [0.2, 0.25) is 0 Å². The van der Waals surface area contributed by atoms with Crippen molar-refractivity contribution in [1.29, 1.82) is 0 Å². The summed E-state index contributed by atoms with van der Waals surface area (Å²) < 4.78 is 5.40. The molecule has 0 fully saturated rings. The lowest BCUT2D eigenvalue weighted by Gasteiger charge is -2.09. The Kier molecular flexibility index (Phi) is 3.61. The molecule has 12 heavy (non-hydrogen) atoms. The topological polar surface area (TPSA) is 29.5 Å². The second kappa shape index (κ2) is 4.78. The molecule has 0 spiro atoms. The van der Waals surface area contributed by atoms with E-state index < -0.39 is 0 Å². The lowest BCUT2D eigenvalue weighted by Crippen LogP contribution is -2.11. The van der Waals surface area contributed by atoms with Crippen LogP contribution in [0.15, 0.2) is 30.3 Å². The number of hydrogen-bond acceptors (Lipinski definition) is 2. The molecule has 0 heterocycles. The molecule has 0 saturated carbocycles. The van der Waals surface area contributed by atoms with E-state index in [4.69, 9.17) is 9.84 Å². The van der Waals surface area contributed by atoms with Crippen molar-refractivity contribution in [1.82, 2.24) is 0 Å². The molecule has 66 valence electrons. The molecule has 1 atom stereocenters. The van der Waals surface area contributed by atoms with E-state index >= 15 is 0 Å². The summed E-state index contributed by atoms with van der Waals surface area (Å²) in [6, 6.07) is 9.62. The molecule has 1 N–H and O–H groups in total. The summed E-state index contributed by atoms with van der Waals surface area (Å²) in [4.78, 5) is 0. The van der Waals surface area contributed by atoms with Gasteiger partial charge in [-0.1, -0.05) is 25.1 Å². The van der Waals surface area contributed by atoms with Gasteiger partial charge in [-0.25, -0.2) is 0 Å². The Labute approximate surface area is 72.8 Å². The van der Waals surface area contributed by atoms with E-state index in [1.165, 1.54) is 0 Å². The summed E-state index contributed by atoms with van der Waals surface area (Å²) >= 11 is 0. The van der Waals surface area contributed by atoms with Crippen molar-refractivity contribution >= 4 is 0 Å². The smallest absolute Gasteiger partial charge is 0.119 e. The molecule has 1 aromatic rings. The maximum absolute atomic E-state index is 8.73. The zero-order valence-electron chi connectivity index (χ0n) is 7.23. The van der Waals surface area contributed by atoms with Crippen LogP contribution in [0.5, 0.6) is 5.75 Å². The van der Waals surface area contributed by atoms with Crippen LogP contribution in [0.25, 0.3) is 0 Å². The number of ether oxygens (including phenoxy) is 1. The van der Waals surface area contributed by atoms with Gasteiger partial charge in [0.25, 0.3) is 0 Å². The van der Waals surface area contributed by atoms with Crippen molar-refractivity contribution in [2.45, 2.75) is 6.92 Å². The van der Waals surface area contributed by atoms with Crippen LogP contribution in [0.1, 0.15) is 6.92 Å². The maximum atomic E-state index is 8.73. The van der Waals surface area contributed by atoms with E-state index in [0.717, 1.165) is 5.75 Å². The highest BCUT2D eigenvalue weighted by Crippen LogP contribution is 2.09. The first-order valence-electron chi connectivity index (χ1n) is 4.11. The highest BCUT2D eigenvalue weighted by Gasteiger charge is 1.99. The van der Waals surface area contributed by atoms with Gasteiger partial charge in [-0.15, -0.1) is 0 Å². The minimum Gasteiger partial charge on any atom is -0.493 e. The number of para-hydroxylation sites is 1. The van der Waals surface area contributed by atoms with Crippen LogP contribution in [-0.2, 0) is 0 Å². The minimum absolute atomic E-state index is 0.173. The average Bonchev–Trinajstić information content (AvgIpc) is 2.16. The number of aliphatic hydroxyl groups is 1. The first-order valence-corrected chi connectivity index (χ1v) is 4.11. The van der Waals surface area contributed by atoms with E-state index in [1.807, 2.05) is 37.3 Å². The van der Waals surface area contributed by atoms with Gasteiger partial charge >= 0.3 is 0 Å². The average molecular weight is 166 g/mol. The second-order valence-corrected chi connectivity index (χ2v) is 2.91. The van der Waals surface area contributed by atoms with Gasteiger partial charge in [0, 0.05) is 12.5 Å². The third-order valence-electron chi connectivity index (χ3n) is 1.59. The fraction of sp³-hybridized carbons (Fsp3) is 0.400. The van der Waals surface area contributed by atoms with Gasteiger partial charge in [-0.3, -0.25) is 0 Å². The van der Waals surface area contributed by atoms with Crippen molar-refractivity contribution in [2.75, 3.05) is 13.2 Å². The molecule has 0 aromatic heterocycles. The van der Waals surface area contributed by atoms with Crippen LogP contribution < -0.4 is 4.74 Å². The summed E-state index contributed by atoms with van der Waals surface area (Å²) in [7, 11) is 0. The van der Waals surface area contributed by atoms with Crippen LogP contribution >= 0.6 is 0 Å². The maximum Gasteiger partial charge on any atom is 0.119 e. The molecule has 0 bridgehead atoms. The molecular formula is C10H14O2. The van der Waals surface area contributed by atoms with Crippen molar-refractivity contribution in [3.05, 3.63) is 30.3 Å². The summed E-state index contributed by atoms with van der Waals surface area (Å²) in [5.74, 6) is 1.06. The van der Waals surface area contributed by atoms with Crippen LogP contribution in [0, 0.1) is 5.92 Å². The second-order valence-electron chi connectivity index (χ2n) is 2.91. The molecule has 0 amide bonds. The SMILES string of the molecule is CC(CO)COc1ccccc1. The third kappa shape index (κ3) is 2.93. The van der Waals surface area contributed by atoms with Crippen LogP contribution in [0.4, 0.5) is 0 Å². The molecule has 1 rings (SSSR count). The number of aliphatic hydroxyl groups excluding tert-OH is 1. The molecular weight excluding hydrogens is 152 g/mol. The highest BCUT2D eigenvalue weighted by atomic mass is 16.5. The monoisotopic (exact) mass is 166 g/mol. The van der Waals surface area contributed by atoms with Crippen LogP contribution in [0.2, 0.25) is 0 Å². The first-order chi connectivity index (χ1) is 5.83. The largest absolute Gasteiger partial charge is 0.493 e. The Morgan fingerprint density at radius 3 is 2.58 bits per heavy atom. The molecule has 1 aromatic carbocycles. The van der Waals surface area contributed by atoms with Gasteiger partial charge in [0.15, 0.2) is 0 Å². The van der Waals surface area contributed by atoms with Gasteiger partial charge in [-0.05, 0) is 12.1 Å². The molecule has 0 aliphatic heterocycles. The number of benzene rings is 1. The van der Waals surface area contributed by atoms with E-state index in [1.54, 1.807) is 0 Å². The molecule has 0 radical (unpaired) electrons. The summed E-state index contributed by atoms with van der Waals surface area (Å²) in [6.07, 6.45) is 0. The van der Waals surface area contributed by atoms with E-state index in [0.29, 0.717) is 6.61 Å². The van der Waals surface area contributed by atoms with Gasteiger partial charge in [0.1, 0.15) is 5.75 Å². The van der Waals surface area contributed by atoms with Crippen molar-refractivity contribution < 1.29 is 9.84 Å².